The molecule has 0 fully saturated rings. The van der Waals surface area contributed by atoms with Crippen LogP contribution in [-0.2, 0) is 11.8 Å². The summed E-state index contributed by atoms with van der Waals surface area (Å²) in [5, 5.41) is 7.01. The fraction of sp³-hybridized carbons (Fsp3) is 0.667. The minimum absolute atomic E-state index is 0.00422. The topological polar surface area (TPSA) is 72.9 Å². The second-order valence-electron chi connectivity index (χ2n) is 4.50. The van der Waals surface area contributed by atoms with Gasteiger partial charge in [-0.05, 0) is 13.3 Å². The lowest BCUT2D eigenvalue weighted by Crippen LogP contribution is -2.22. The average molecular weight is 238 g/mol. The van der Waals surface area contributed by atoms with Crippen molar-refractivity contribution in [2.75, 3.05) is 11.1 Å². The second kappa shape index (κ2) is 5.70. The van der Waals surface area contributed by atoms with Crippen molar-refractivity contribution in [2.45, 2.75) is 40.0 Å². The monoisotopic (exact) mass is 238 g/mol. The number of nitrogens with one attached hydrogen (secondary N) is 1. The molecule has 0 saturated carbocycles. The minimum Gasteiger partial charge on any atom is -0.394 e. The summed E-state index contributed by atoms with van der Waals surface area (Å²) in [4.78, 5) is 11.9. The SMILES string of the molecule is CCCCC(C)C(=O)Nc1c(N)c(C)nn1C. The molecule has 1 amide bonds. The Balaban J connectivity index is 2.67. The molecule has 17 heavy (non-hydrogen) atoms. The maximum absolute atomic E-state index is 11.9. The Morgan fingerprint density at radius 2 is 2.24 bits per heavy atom. The van der Waals surface area contributed by atoms with Crippen molar-refractivity contribution in [1.82, 2.24) is 9.78 Å². The maximum Gasteiger partial charge on any atom is 0.228 e. The van der Waals surface area contributed by atoms with Gasteiger partial charge in [0.25, 0.3) is 0 Å². The number of carbonyl (C=O) groups excluding carboxylic acids is 1. The molecule has 1 unspecified atom stereocenters. The summed E-state index contributed by atoms with van der Waals surface area (Å²) in [5.41, 5.74) is 7.14. The Kier molecular flexibility index (Phi) is 4.54. The third kappa shape index (κ3) is 3.22. The van der Waals surface area contributed by atoms with E-state index >= 15 is 0 Å². The van der Waals surface area contributed by atoms with Gasteiger partial charge in [-0.3, -0.25) is 9.48 Å². The van der Waals surface area contributed by atoms with Crippen molar-refractivity contribution in [1.29, 1.82) is 0 Å². The molecule has 96 valence electrons. The smallest absolute Gasteiger partial charge is 0.228 e. The standard InChI is InChI=1S/C12H22N4O/c1-5-6-7-8(2)12(17)14-11-10(13)9(3)15-16(11)4/h8H,5-7,13H2,1-4H3,(H,14,17). The van der Waals surface area contributed by atoms with E-state index in [-0.39, 0.29) is 11.8 Å². The summed E-state index contributed by atoms with van der Waals surface area (Å²) < 4.78 is 1.61. The number of aryl methyl sites for hydroxylation is 2. The normalized spacial score (nSPS) is 12.5. The molecule has 0 aliphatic carbocycles. The molecule has 0 radical (unpaired) electrons. The summed E-state index contributed by atoms with van der Waals surface area (Å²) in [5.74, 6) is 0.605. The number of unbranched alkanes of at least 4 members (excludes halogenated alkanes) is 1. The van der Waals surface area contributed by atoms with Gasteiger partial charge in [-0.25, -0.2) is 0 Å². The number of hydrogen-bond donors (Lipinski definition) is 2. The van der Waals surface area contributed by atoms with E-state index < -0.39 is 0 Å². The molecule has 0 spiro atoms. The Morgan fingerprint density at radius 1 is 1.59 bits per heavy atom. The molecule has 0 aromatic carbocycles. The van der Waals surface area contributed by atoms with Gasteiger partial charge >= 0.3 is 0 Å². The lowest BCUT2D eigenvalue weighted by Gasteiger charge is -2.12. The summed E-state index contributed by atoms with van der Waals surface area (Å²) in [6.45, 7) is 5.88. The van der Waals surface area contributed by atoms with Crippen LogP contribution in [0.1, 0.15) is 38.8 Å². The zero-order valence-corrected chi connectivity index (χ0v) is 11.1. The fourth-order valence-corrected chi connectivity index (χ4v) is 1.70. The Labute approximate surface area is 102 Å². The first-order valence-electron chi connectivity index (χ1n) is 6.07. The van der Waals surface area contributed by atoms with E-state index in [1.165, 1.54) is 0 Å². The predicted molar refractivity (Wildman–Crippen MR) is 69.7 cm³/mol. The minimum atomic E-state index is 0.00422. The van der Waals surface area contributed by atoms with E-state index in [2.05, 4.69) is 17.3 Å². The van der Waals surface area contributed by atoms with Gasteiger partial charge in [0.2, 0.25) is 5.91 Å². The van der Waals surface area contributed by atoms with Crippen LogP contribution >= 0.6 is 0 Å². The number of nitrogen functional groups attached to an aromatic ring is 1. The van der Waals surface area contributed by atoms with Crippen molar-refractivity contribution in [3.63, 3.8) is 0 Å². The van der Waals surface area contributed by atoms with Crippen LogP contribution in [0, 0.1) is 12.8 Å². The van der Waals surface area contributed by atoms with Gasteiger partial charge in [-0.2, -0.15) is 5.10 Å². The highest BCUT2D eigenvalue weighted by atomic mass is 16.2. The number of anilines is 2. The molecule has 0 aliphatic heterocycles. The number of aromatic nitrogens is 2. The molecular formula is C12H22N4O. The molecule has 1 aromatic rings. The highest BCUT2D eigenvalue weighted by Gasteiger charge is 2.17. The van der Waals surface area contributed by atoms with E-state index in [1.54, 1.807) is 11.7 Å². The zero-order chi connectivity index (χ0) is 13.0. The molecule has 1 heterocycles. The van der Waals surface area contributed by atoms with Crippen LogP contribution in [0.25, 0.3) is 0 Å². The zero-order valence-electron chi connectivity index (χ0n) is 11.1. The Hall–Kier alpha value is -1.52. The van der Waals surface area contributed by atoms with Crippen LogP contribution in [0.2, 0.25) is 0 Å². The van der Waals surface area contributed by atoms with Crippen molar-refractivity contribution in [3.05, 3.63) is 5.69 Å². The molecule has 0 saturated heterocycles. The van der Waals surface area contributed by atoms with Gasteiger partial charge in [-0.15, -0.1) is 0 Å². The van der Waals surface area contributed by atoms with E-state index in [9.17, 15) is 4.79 Å². The summed E-state index contributed by atoms with van der Waals surface area (Å²) >= 11 is 0. The van der Waals surface area contributed by atoms with Crippen LogP contribution < -0.4 is 11.1 Å². The van der Waals surface area contributed by atoms with Crippen LogP contribution in [0.3, 0.4) is 0 Å². The van der Waals surface area contributed by atoms with Crippen LogP contribution in [-0.4, -0.2) is 15.7 Å². The number of nitrogens with zero attached hydrogens (tertiary/aromatic N) is 2. The number of rotatable bonds is 5. The summed E-state index contributed by atoms with van der Waals surface area (Å²) in [6.07, 6.45) is 3.07. The van der Waals surface area contributed by atoms with E-state index in [1.807, 2.05) is 13.8 Å². The molecule has 3 N–H and O–H groups in total. The van der Waals surface area contributed by atoms with Crippen molar-refractivity contribution in [3.8, 4) is 0 Å². The lowest BCUT2D eigenvalue weighted by atomic mass is 10.0. The first-order chi connectivity index (χ1) is 7.97. The molecule has 1 aromatic heterocycles. The van der Waals surface area contributed by atoms with Crippen LogP contribution in [0.5, 0.6) is 0 Å². The number of nitrogens with two attached hydrogens (primary N) is 1. The fourth-order valence-electron chi connectivity index (χ4n) is 1.70. The van der Waals surface area contributed by atoms with Crippen LogP contribution in [0.15, 0.2) is 0 Å². The Morgan fingerprint density at radius 3 is 2.71 bits per heavy atom. The predicted octanol–water partition coefficient (Wildman–Crippen LogP) is 2.08. The number of carbonyl (C=O) groups is 1. The molecule has 5 heteroatoms. The average Bonchev–Trinajstić information content (AvgIpc) is 2.52. The largest absolute Gasteiger partial charge is 0.394 e. The molecule has 0 aliphatic rings. The van der Waals surface area contributed by atoms with Crippen molar-refractivity contribution < 1.29 is 4.79 Å². The molecule has 1 rings (SSSR count). The first-order valence-corrected chi connectivity index (χ1v) is 6.07. The van der Waals surface area contributed by atoms with Gasteiger partial charge in [0.15, 0.2) is 5.82 Å². The van der Waals surface area contributed by atoms with Crippen molar-refractivity contribution in [2.24, 2.45) is 13.0 Å². The van der Waals surface area contributed by atoms with Gasteiger partial charge in [0, 0.05) is 13.0 Å². The molecule has 0 bridgehead atoms. The van der Waals surface area contributed by atoms with E-state index in [0.29, 0.717) is 11.5 Å². The third-order valence-corrected chi connectivity index (χ3v) is 2.95. The molecule has 5 nitrogen and oxygen atoms in total. The van der Waals surface area contributed by atoms with Gasteiger partial charge in [0.1, 0.15) is 0 Å². The van der Waals surface area contributed by atoms with E-state index in [4.69, 9.17) is 5.73 Å². The quantitative estimate of drug-likeness (QED) is 0.824. The van der Waals surface area contributed by atoms with Gasteiger partial charge in [-0.1, -0.05) is 26.7 Å². The molecule has 1 atom stereocenters. The van der Waals surface area contributed by atoms with Crippen LogP contribution in [0.4, 0.5) is 11.5 Å². The highest BCUT2D eigenvalue weighted by Crippen LogP contribution is 2.22. The van der Waals surface area contributed by atoms with Gasteiger partial charge < -0.3 is 11.1 Å². The van der Waals surface area contributed by atoms with Gasteiger partial charge in [0.05, 0.1) is 11.4 Å². The number of amides is 1. The first kappa shape index (κ1) is 13.5. The second-order valence-corrected chi connectivity index (χ2v) is 4.50. The third-order valence-electron chi connectivity index (χ3n) is 2.95. The number of hydrogen-bond acceptors (Lipinski definition) is 3. The maximum atomic E-state index is 11.9. The molecular weight excluding hydrogens is 216 g/mol. The Bertz CT molecular complexity index is 397. The summed E-state index contributed by atoms with van der Waals surface area (Å²) in [6, 6.07) is 0. The van der Waals surface area contributed by atoms with Crippen molar-refractivity contribution >= 4 is 17.4 Å². The summed E-state index contributed by atoms with van der Waals surface area (Å²) in [7, 11) is 1.77. The highest BCUT2D eigenvalue weighted by molar-refractivity contribution is 5.94. The lowest BCUT2D eigenvalue weighted by molar-refractivity contribution is -0.119. The van der Waals surface area contributed by atoms with E-state index in [0.717, 1.165) is 25.0 Å².